The van der Waals surface area contributed by atoms with Gasteiger partial charge in [0.1, 0.15) is 0 Å². The summed E-state index contributed by atoms with van der Waals surface area (Å²) < 4.78 is 64.1. The van der Waals surface area contributed by atoms with Gasteiger partial charge in [0.2, 0.25) is 10.0 Å². The van der Waals surface area contributed by atoms with Gasteiger partial charge in [0.15, 0.2) is 23.1 Å². The lowest BCUT2D eigenvalue weighted by Gasteiger charge is -2.34. The van der Waals surface area contributed by atoms with Gasteiger partial charge in [0.25, 0.3) is 5.91 Å². The van der Waals surface area contributed by atoms with Crippen molar-refractivity contribution in [1.82, 2.24) is 9.21 Å². The fourth-order valence-corrected chi connectivity index (χ4v) is 5.01. The Labute approximate surface area is 185 Å². The first-order valence-electron chi connectivity index (χ1n) is 9.83. The largest absolute Gasteiger partial charge is 0.493 e. The molecule has 0 N–H and O–H groups in total. The van der Waals surface area contributed by atoms with Crippen molar-refractivity contribution in [1.29, 1.82) is 0 Å². The maximum Gasteiger partial charge on any atom is 0.254 e. The number of rotatable bonds is 7. The van der Waals surface area contributed by atoms with Crippen LogP contribution in [-0.2, 0) is 16.4 Å². The Bertz CT molecular complexity index is 1130. The number of piperazine rings is 1. The van der Waals surface area contributed by atoms with Crippen LogP contribution in [0.15, 0.2) is 47.9 Å². The number of hydrogen-bond acceptors (Lipinski definition) is 5. The van der Waals surface area contributed by atoms with Gasteiger partial charge in [-0.3, -0.25) is 4.79 Å². The number of sulfonamides is 1. The molecule has 0 aromatic heterocycles. The maximum atomic E-state index is 13.5. The van der Waals surface area contributed by atoms with Gasteiger partial charge in [-0.25, -0.2) is 17.2 Å². The molecule has 10 heteroatoms. The minimum atomic E-state index is -4.01. The van der Waals surface area contributed by atoms with Gasteiger partial charge >= 0.3 is 0 Å². The summed E-state index contributed by atoms with van der Waals surface area (Å²) in [7, 11) is -1.02. The van der Waals surface area contributed by atoms with E-state index in [0.29, 0.717) is 29.5 Å². The number of benzene rings is 2. The predicted octanol–water partition coefficient (Wildman–Crippen LogP) is 2.86. The van der Waals surface area contributed by atoms with Crippen LogP contribution in [0.2, 0.25) is 0 Å². The van der Waals surface area contributed by atoms with Crippen molar-refractivity contribution in [2.75, 3.05) is 40.4 Å². The van der Waals surface area contributed by atoms with Crippen molar-refractivity contribution in [2.24, 2.45) is 0 Å². The molecule has 32 heavy (non-hydrogen) atoms. The van der Waals surface area contributed by atoms with Crippen LogP contribution >= 0.6 is 0 Å². The highest BCUT2D eigenvalue weighted by atomic mass is 32.2. The molecule has 0 atom stereocenters. The van der Waals surface area contributed by atoms with E-state index in [4.69, 9.17) is 9.47 Å². The number of ether oxygens (including phenoxy) is 2. The average Bonchev–Trinajstić information content (AvgIpc) is 2.80. The van der Waals surface area contributed by atoms with Crippen molar-refractivity contribution in [3.63, 3.8) is 0 Å². The molecule has 0 bridgehead atoms. The van der Waals surface area contributed by atoms with E-state index in [1.165, 1.54) is 19.1 Å². The van der Waals surface area contributed by atoms with Gasteiger partial charge in [-0.1, -0.05) is 6.08 Å². The van der Waals surface area contributed by atoms with Crippen molar-refractivity contribution in [3.8, 4) is 11.5 Å². The highest BCUT2D eigenvalue weighted by molar-refractivity contribution is 7.89. The Kier molecular flexibility index (Phi) is 7.15. The molecule has 1 aliphatic heterocycles. The molecular formula is C22H24F2N2O5S. The van der Waals surface area contributed by atoms with Crippen molar-refractivity contribution < 1.29 is 31.5 Å². The Morgan fingerprint density at radius 2 is 1.75 bits per heavy atom. The minimum Gasteiger partial charge on any atom is -0.493 e. The molecule has 1 heterocycles. The molecule has 0 spiro atoms. The zero-order valence-electron chi connectivity index (χ0n) is 17.8. The molecule has 1 aliphatic rings. The lowest BCUT2D eigenvalue weighted by molar-refractivity contribution is 0.0697. The van der Waals surface area contributed by atoms with Crippen molar-refractivity contribution >= 4 is 15.9 Å². The number of nitrogens with zero attached hydrogens (tertiary/aromatic N) is 2. The molecule has 7 nitrogen and oxygen atoms in total. The Hall–Kier alpha value is -2.98. The van der Waals surface area contributed by atoms with E-state index in [1.807, 2.05) is 0 Å². The summed E-state index contributed by atoms with van der Waals surface area (Å²) in [6.07, 6.45) is 2.16. The number of allylic oxidation sites excluding steroid dienone is 1. The molecular weight excluding hydrogens is 442 g/mol. The van der Waals surface area contributed by atoms with E-state index in [2.05, 4.69) is 6.58 Å². The van der Waals surface area contributed by atoms with Crippen LogP contribution in [0.1, 0.15) is 15.9 Å². The smallest absolute Gasteiger partial charge is 0.254 e. The number of carbonyl (C=O) groups excluding carboxylic acids is 1. The van der Waals surface area contributed by atoms with E-state index < -0.39 is 21.7 Å². The molecule has 2 aromatic rings. The SMILES string of the molecule is C=CCc1cc(C(=O)N2CCN(S(=O)(=O)c3ccc(F)c(F)c3)CC2)cc(OC)c1OC. The average molecular weight is 467 g/mol. The normalized spacial score (nSPS) is 14.8. The Morgan fingerprint density at radius 1 is 1.06 bits per heavy atom. The van der Waals surface area contributed by atoms with Crippen LogP contribution in [0.5, 0.6) is 11.5 Å². The van der Waals surface area contributed by atoms with Gasteiger partial charge in [-0.15, -0.1) is 6.58 Å². The first-order valence-corrected chi connectivity index (χ1v) is 11.3. The third-order valence-corrected chi connectivity index (χ3v) is 7.12. The molecule has 1 saturated heterocycles. The summed E-state index contributed by atoms with van der Waals surface area (Å²) in [5.74, 6) is -1.70. The topological polar surface area (TPSA) is 76.2 Å². The second kappa shape index (κ2) is 9.66. The number of hydrogen-bond donors (Lipinski definition) is 0. The lowest BCUT2D eigenvalue weighted by Crippen LogP contribution is -2.50. The fourth-order valence-electron chi connectivity index (χ4n) is 3.57. The quantitative estimate of drug-likeness (QED) is 0.587. The first-order chi connectivity index (χ1) is 15.2. The van der Waals surface area contributed by atoms with E-state index >= 15 is 0 Å². The molecule has 0 aliphatic carbocycles. The van der Waals surface area contributed by atoms with E-state index in [1.54, 1.807) is 18.2 Å². The minimum absolute atomic E-state index is 0.0277. The zero-order valence-corrected chi connectivity index (χ0v) is 18.6. The van der Waals surface area contributed by atoms with E-state index in [0.717, 1.165) is 22.0 Å². The summed E-state index contributed by atoms with van der Waals surface area (Å²) >= 11 is 0. The standard InChI is InChI=1S/C22H24F2N2O5S/c1-4-5-15-12-16(13-20(30-2)21(15)31-3)22(27)25-8-10-26(11-9-25)32(28,29)17-6-7-18(23)19(24)14-17/h4,6-7,12-14H,1,5,8-11H2,2-3H3. The van der Waals surface area contributed by atoms with Crippen LogP contribution in [0.3, 0.4) is 0 Å². The summed E-state index contributed by atoms with van der Waals surface area (Å²) in [5, 5.41) is 0. The van der Waals surface area contributed by atoms with Crippen LogP contribution in [0.25, 0.3) is 0 Å². The maximum absolute atomic E-state index is 13.5. The monoisotopic (exact) mass is 466 g/mol. The first kappa shape index (κ1) is 23.7. The van der Waals surface area contributed by atoms with Gasteiger partial charge in [0, 0.05) is 37.3 Å². The van der Waals surface area contributed by atoms with Crippen LogP contribution in [0, 0.1) is 11.6 Å². The summed E-state index contributed by atoms with van der Waals surface area (Å²) in [6.45, 7) is 4.07. The highest BCUT2D eigenvalue weighted by Gasteiger charge is 2.31. The molecule has 0 unspecified atom stereocenters. The van der Waals surface area contributed by atoms with Crippen molar-refractivity contribution in [3.05, 3.63) is 65.7 Å². The highest BCUT2D eigenvalue weighted by Crippen LogP contribution is 2.33. The second-order valence-corrected chi connectivity index (χ2v) is 9.07. The van der Waals surface area contributed by atoms with Crippen LogP contribution in [-0.4, -0.2) is 63.9 Å². The molecule has 0 radical (unpaired) electrons. The second-order valence-electron chi connectivity index (χ2n) is 7.14. The number of methoxy groups -OCH3 is 2. The lowest BCUT2D eigenvalue weighted by atomic mass is 10.0. The molecule has 0 saturated carbocycles. The third kappa shape index (κ3) is 4.61. The van der Waals surface area contributed by atoms with Gasteiger partial charge in [-0.2, -0.15) is 4.31 Å². The zero-order chi connectivity index (χ0) is 23.5. The van der Waals surface area contributed by atoms with E-state index in [9.17, 15) is 22.0 Å². The summed E-state index contributed by atoms with van der Waals surface area (Å²) in [6, 6.07) is 5.75. The van der Waals surface area contributed by atoms with Crippen molar-refractivity contribution in [2.45, 2.75) is 11.3 Å². The summed E-state index contributed by atoms with van der Waals surface area (Å²) in [5.41, 5.74) is 1.13. The summed E-state index contributed by atoms with van der Waals surface area (Å²) in [4.78, 5) is 14.3. The molecule has 172 valence electrons. The van der Waals surface area contributed by atoms with E-state index in [-0.39, 0.29) is 37.0 Å². The number of halogens is 2. The number of amides is 1. The molecule has 3 rings (SSSR count). The Morgan fingerprint density at radius 3 is 2.31 bits per heavy atom. The predicted molar refractivity (Wildman–Crippen MR) is 114 cm³/mol. The van der Waals surface area contributed by atoms with Gasteiger partial charge in [-0.05, 0) is 36.8 Å². The van der Waals surface area contributed by atoms with Crippen LogP contribution < -0.4 is 9.47 Å². The fraction of sp³-hybridized carbons (Fsp3) is 0.318. The third-order valence-electron chi connectivity index (χ3n) is 5.22. The molecule has 1 amide bonds. The molecule has 2 aromatic carbocycles. The molecule has 1 fully saturated rings. The number of carbonyl (C=O) groups is 1. The van der Waals surface area contributed by atoms with Gasteiger partial charge < -0.3 is 14.4 Å². The van der Waals surface area contributed by atoms with Gasteiger partial charge in [0.05, 0.1) is 19.1 Å². The van der Waals surface area contributed by atoms with Crippen LogP contribution in [0.4, 0.5) is 8.78 Å². The Balaban J connectivity index is 1.77.